The summed E-state index contributed by atoms with van der Waals surface area (Å²) in [7, 11) is 4.31. The van der Waals surface area contributed by atoms with E-state index in [4.69, 9.17) is 0 Å². The molecule has 0 saturated carbocycles. The van der Waals surface area contributed by atoms with Gasteiger partial charge in [-0.3, -0.25) is 4.57 Å². The van der Waals surface area contributed by atoms with Crippen molar-refractivity contribution in [2.45, 2.75) is 43.3 Å². The SMILES string of the molecule is CC[C@H](c1nnc(S[C@@H](C)c2ccc(F)cc2)n1Cc1ccccc1)[NH+](C)C. The third-order valence-corrected chi connectivity index (χ3v) is 6.11. The zero-order chi connectivity index (χ0) is 20.1. The first-order valence-electron chi connectivity index (χ1n) is 9.68. The lowest BCUT2D eigenvalue weighted by Gasteiger charge is -2.21. The summed E-state index contributed by atoms with van der Waals surface area (Å²) in [4.78, 5) is 1.34. The first-order valence-corrected chi connectivity index (χ1v) is 10.6. The van der Waals surface area contributed by atoms with Crippen molar-refractivity contribution in [1.29, 1.82) is 0 Å². The molecule has 148 valence electrons. The molecule has 0 aliphatic heterocycles. The summed E-state index contributed by atoms with van der Waals surface area (Å²) in [6.07, 6.45) is 0.993. The number of hydrogen-bond donors (Lipinski definition) is 1. The van der Waals surface area contributed by atoms with E-state index in [9.17, 15) is 4.39 Å². The van der Waals surface area contributed by atoms with Gasteiger partial charge in [-0.15, -0.1) is 10.2 Å². The fraction of sp³-hybridized carbons (Fsp3) is 0.364. The van der Waals surface area contributed by atoms with Crippen LogP contribution in [0.1, 0.15) is 48.5 Å². The molecule has 4 nitrogen and oxygen atoms in total. The second-order valence-corrected chi connectivity index (χ2v) is 8.57. The predicted octanol–water partition coefficient (Wildman–Crippen LogP) is 3.91. The molecular formula is C22H28FN4S+. The molecule has 0 spiro atoms. The van der Waals surface area contributed by atoms with Crippen LogP contribution in [-0.2, 0) is 6.54 Å². The molecule has 2 aromatic carbocycles. The van der Waals surface area contributed by atoms with Gasteiger partial charge in [-0.25, -0.2) is 4.39 Å². The van der Waals surface area contributed by atoms with Crippen molar-refractivity contribution in [2.75, 3.05) is 14.1 Å². The van der Waals surface area contributed by atoms with Gasteiger partial charge in [0.2, 0.25) is 0 Å². The molecule has 0 aliphatic rings. The Labute approximate surface area is 170 Å². The van der Waals surface area contributed by atoms with E-state index in [0.29, 0.717) is 0 Å². The van der Waals surface area contributed by atoms with Gasteiger partial charge in [0.25, 0.3) is 0 Å². The molecule has 3 rings (SSSR count). The molecule has 1 heterocycles. The van der Waals surface area contributed by atoms with Crippen molar-refractivity contribution in [2.24, 2.45) is 0 Å². The van der Waals surface area contributed by atoms with Crippen LogP contribution in [0.15, 0.2) is 59.8 Å². The number of nitrogens with zero attached hydrogens (tertiary/aromatic N) is 3. The molecule has 2 atom stereocenters. The fourth-order valence-corrected chi connectivity index (χ4v) is 4.35. The van der Waals surface area contributed by atoms with Crippen molar-refractivity contribution in [3.05, 3.63) is 77.4 Å². The highest BCUT2D eigenvalue weighted by Crippen LogP contribution is 2.35. The number of rotatable bonds is 8. The van der Waals surface area contributed by atoms with Gasteiger partial charge in [-0.2, -0.15) is 0 Å². The van der Waals surface area contributed by atoms with Crippen LogP contribution in [0.4, 0.5) is 4.39 Å². The molecule has 0 saturated heterocycles. The van der Waals surface area contributed by atoms with Gasteiger partial charge in [0.15, 0.2) is 11.0 Å². The lowest BCUT2D eigenvalue weighted by atomic mass is 10.2. The highest BCUT2D eigenvalue weighted by molar-refractivity contribution is 7.99. The van der Waals surface area contributed by atoms with Gasteiger partial charge in [0.05, 0.1) is 20.6 Å². The number of thioether (sulfide) groups is 1. The Hall–Kier alpha value is -2.18. The Kier molecular flexibility index (Phi) is 6.86. The smallest absolute Gasteiger partial charge is 0.192 e. The summed E-state index contributed by atoms with van der Waals surface area (Å²) >= 11 is 1.67. The van der Waals surface area contributed by atoms with E-state index in [-0.39, 0.29) is 17.1 Å². The van der Waals surface area contributed by atoms with E-state index >= 15 is 0 Å². The summed E-state index contributed by atoms with van der Waals surface area (Å²) in [5, 5.41) is 10.2. The predicted molar refractivity (Wildman–Crippen MR) is 112 cm³/mol. The van der Waals surface area contributed by atoms with Gasteiger partial charge in [-0.05, 0) is 30.2 Å². The maximum absolute atomic E-state index is 13.3. The first-order chi connectivity index (χ1) is 13.5. The van der Waals surface area contributed by atoms with E-state index in [1.54, 1.807) is 11.8 Å². The van der Waals surface area contributed by atoms with Gasteiger partial charge >= 0.3 is 0 Å². The Bertz CT molecular complexity index is 877. The van der Waals surface area contributed by atoms with Crippen LogP contribution < -0.4 is 4.90 Å². The van der Waals surface area contributed by atoms with Crippen molar-refractivity contribution in [3.8, 4) is 0 Å². The highest BCUT2D eigenvalue weighted by Gasteiger charge is 2.26. The molecule has 6 heteroatoms. The van der Waals surface area contributed by atoms with Crippen molar-refractivity contribution < 1.29 is 9.29 Å². The van der Waals surface area contributed by atoms with Crippen LogP contribution >= 0.6 is 11.8 Å². The van der Waals surface area contributed by atoms with E-state index in [0.717, 1.165) is 29.5 Å². The first kappa shape index (κ1) is 20.6. The van der Waals surface area contributed by atoms with Crippen LogP contribution in [0, 0.1) is 5.82 Å². The molecule has 0 fully saturated rings. The molecule has 3 aromatic rings. The quantitative estimate of drug-likeness (QED) is 0.583. The lowest BCUT2D eigenvalue weighted by Crippen LogP contribution is -3.06. The average molecular weight is 400 g/mol. The van der Waals surface area contributed by atoms with E-state index in [2.05, 4.69) is 67.0 Å². The minimum Gasteiger partial charge on any atom is -0.331 e. The summed E-state index contributed by atoms with van der Waals surface area (Å²) in [6.45, 7) is 5.05. The maximum Gasteiger partial charge on any atom is 0.192 e. The Morgan fingerprint density at radius 2 is 1.71 bits per heavy atom. The van der Waals surface area contributed by atoms with Crippen LogP contribution in [0.25, 0.3) is 0 Å². The van der Waals surface area contributed by atoms with E-state index in [1.807, 2.05) is 18.2 Å². The van der Waals surface area contributed by atoms with Crippen LogP contribution in [0.3, 0.4) is 0 Å². The Morgan fingerprint density at radius 3 is 2.32 bits per heavy atom. The van der Waals surface area contributed by atoms with Crippen LogP contribution in [0.5, 0.6) is 0 Å². The third kappa shape index (κ3) is 4.80. The topological polar surface area (TPSA) is 35.1 Å². The zero-order valence-corrected chi connectivity index (χ0v) is 17.7. The van der Waals surface area contributed by atoms with Crippen LogP contribution in [0.2, 0.25) is 0 Å². The number of hydrogen-bond acceptors (Lipinski definition) is 3. The van der Waals surface area contributed by atoms with Crippen molar-refractivity contribution in [1.82, 2.24) is 14.8 Å². The van der Waals surface area contributed by atoms with Gasteiger partial charge in [0.1, 0.15) is 11.9 Å². The lowest BCUT2D eigenvalue weighted by molar-refractivity contribution is -0.893. The molecular weight excluding hydrogens is 371 g/mol. The largest absolute Gasteiger partial charge is 0.331 e. The summed E-state index contributed by atoms with van der Waals surface area (Å²) in [5.74, 6) is 0.801. The molecule has 0 unspecified atom stereocenters. The highest BCUT2D eigenvalue weighted by atomic mass is 32.2. The number of quaternary nitrogens is 1. The van der Waals surface area contributed by atoms with E-state index < -0.39 is 0 Å². The number of aromatic nitrogens is 3. The molecule has 0 bridgehead atoms. The Balaban J connectivity index is 1.93. The summed E-state index contributed by atoms with van der Waals surface area (Å²) < 4.78 is 15.5. The van der Waals surface area contributed by atoms with Gasteiger partial charge in [-0.1, -0.05) is 61.2 Å². The minimum absolute atomic E-state index is 0.152. The second kappa shape index (κ2) is 9.34. The molecule has 1 N–H and O–H groups in total. The van der Waals surface area contributed by atoms with Gasteiger partial charge in [0, 0.05) is 11.7 Å². The summed E-state index contributed by atoms with van der Waals surface area (Å²) in [6, 6.07) is 17.4. The molecule has 0 amide bonds. The molecule has 0 aliphatic carbocycles. The third-order valence-electron chi connectivity index (χ3n) is 4.97. The number of nitrogens with one attached hydrogen (secondary N) is 1. The monoisotopic (exact) mass is 399 g/mol. The average Bonchev–Trinajstić information content (AvgIpc) is 3.05. The summed E-state index contributed by atoms with van der Waals surface area (Å²) in [5.41, 5.74) is 2.30. The zero-order valence-electron chi connectivity index (χ0n) is 16.9. The van der Waals surface area contributed by atoms with Crippen molar-refractivity contribution in [3.63, 3.8) is 0 Å². The van der Waals surface area contributed by atoms with Gasteiger partial charge < -0.3 is 4.90 Å². The second-order valence-electron chi connectivity index (χ2n) is 7.26. The van der Waals surface area contributed by atoms with Crippen LogP contribution in [-0.4, -0.2) is 28.9 Å². The molecule has 0 radical (unpaired) electrons. The number of benzene rings is 2. The fourth-order valence-electron chi connectivity index (χ4n) is 3.37. The molecule has 1 aromatic heterocycles. The Morgan fingerprint density at radius 1 is 1.04 bits per heavy atom. The van der Waals surface area contributed by atoms with Crippen molar-refractivity contribution >= 4 is 11.8 Å². The normalized spacial score (nSPS) is 13.6. The molecule has 28 heavy (non-hydrogen) atoms. The minimum atomic E-state index is -0.213. The van der Waals surface area contributed by atoms with E-state index in [1.165, 1.54) is 22.6 Å². The maximum atomic E-state index is 13.3. The number of halogens is 1. The standard InChI is InChI=1S/C22H27FN4S/c1-5-20(26(3)4)21-24-25-22(27(21)15-17-9-7-6-8-10-17)28-16(2)18-11-13-19(23)14-12-18/h6-14,16,20H,5,15H2,1-4H3/p+1/t16-,20+/m0/s1.